The zero-order chi connectivity index (χ0) is 15.0. The molecule has 0 saturated carbocycles. The Morgan fingerprint density at radius 1 is 1.30 bits per heavy atom. The van der Waals surface area contributed by atoms with Crippen LogP contribution in [0.15, 0.2) is 24.3 Å². The summed E-state index contributed by atoms with van der Waals surface area (Å²) in [4.78, 5) is 22.0. The van der Waals surface area contributed by atoms with E-state index in [-0.39, 0.29) is 18.9 Å². The zero-order valence-electron chi connectivity index (χ0n) is 11.9. The first kappa shape index (κ1) is 16.0. The van der Waals surface area contributed by atoms with Crippen LogP contribution in [-0.4, -0.2) is 29.6 Å². The third kappa shape index (κ3) is 5.73. The molecule has 0 saturated heterocycles. The van der Waals surface area contributed by atoms with E-state index in [4.69, 9.17) is 9.84 Å². The lowest BCUT2D eigenvalue weighted by Crippen LogP contribution is -2.38. The Kier molecular flexibility index (Phi) is 6.56. The van der Waals surface area contributed by atoms with Crippen LogP contribution in [0, 0.1) is 0 Å². The molecule has 1 aromatic rings. The summed E-state index contributed by atoms with van der Waals surface area (Å²) < 4.78 is 5.44. The smallest absolute Gasteiger partial charge is 0.325 e. The molecular formula is C15H21NO4. The third-order valence-electron chi connectivity index (χ3n) is 2.81. The van der Waals surface area contributed by atoms with E-state index in [0.717, 1.165) is 12.8 Å². The number of nitrogens with one attached hydrogen (secondary N) is 1. The van der Waals surface area contributed by atoms with Gasteiger partial charge in [0.15, 0.2) is 0 Å². The fraction of sp³-hybridized carbons (Fsp3) is 0.467. The lowest BCUT2D eigenvalue weighted by Gasteiger charge is -2.10. The van der Waals surface area contributed by atoms with Crippen LogP contribution >= 0.6 is 0 Å². The van der Waals surface area contributed by atoms with Crippen molar-refractivity contribution in [3.63, 3.8) is 0 Å². The molecule has 110 valence electrons. The second kappa shape index (κ2) is 8.19. The molecule has 5 heteroatoms. The average molecular weight is 279 g/mol. The maximum Gasteiger partial charge on any atom is 0.325 e. The lowest BCUT2D eigenvalue weighted by molar-refractivity contribution is -0.141. The Bertz CT molecular complexity index is 442. The number of rotatable bonds is 8. The van der Waals surface area contributed by atoms with Crippen molar-refractivity contribution in [3.05, 3.63) is 29.8 Å². The van der Waals surface area contributed by atoms with Crippen molar-refractivity contribution in [3.8, 4) is 5.75 Å². The van der Waals surface area contributed by atoms with Gasteiger partial charge in [0.25, 0.3) is 0 Å². The molecule has 5 nitrogen and oxygen atoms in total. The van der Waals surface area contributed by atoms with Crippen LogP contribution in [-0.2, 0) is 16.0 Å². The highest BCUT2D eigenvalue weighted by molar-refractivity contribution is 5.83. The molecule has 0 aliphatic rings. The molecule has 1 rings (SSSR count). The van der Waals surface area contributed by atoms with Gasteiger partial charge in [0.1, 0.15) is 11.8 Å². The van der Waals surface area contributed by atoms with E-state index in [1.54, 1.807) is 0 Å². The number of amides is 1. The summed E-state index contributed by atoms with van der Waals surface area (Å²) in [6.07, 6.45) is 2.27. The van der Waals surface area contributed by atoms with E-state index in [1.807, 2.05) is 24.3 Å². The molecule has 0 fully saturated rings. The molecule has 0 heterocycles. The SMILES string of the molecule is CCCc1ccc(OCCC(=O)NC(C)C(=O)O)cc1. The first-order valence-corrected chi connectivity index (χ1v) is 6.76. The summed E-state index contributed by atoms with van der Waals surface area (Å²) in [5, 5.41) is 11.0. The number of hydrogen-bond acceptors (Lipinski definition) is 3. The van der Waals surface area contributed by atoms with Gasteiger partial charge in [-0.25, -0.2) is 0 Å². The summed E-state index contributed by atoms with van der Waals surface area (Å²) in [6, 6.07) is 6.89. The van der Waals surface area contributed by atoms with Crippen LogP contribution < -0.4 is 10.1 Å². The van der Waals surface area contributed by atoms with Gasteiger partial charge in [-0.2, -0.15) is 0 Å². The summed E-state index contributed by atoms with van der Waals surface area (Å²) in [5.41, 5.74) is 1.26. The van der Waals surface area contributed by atoms with Gasteiger partial charge in [0.2, 0.25) is 5.91 Å². The van der Waals surface area contributed by atoms with Crippen molar-refractivity contribution in [2.24, 2.45) is 0 Å². The van der Waals surface area contributed by atoms with Crippen molar-refractivity contribution in [2.45, 2.75) is 39.2 Å². The van der Waals surface area contributed by atoms with Crippen LogP contribution in [0.5, 0.6) is 5.75 Å². The van der Waals surface area contributed by atoms with E-state index in [1.165, 1.54) is 12.5 Å². The number of carboxylic acid groups (broad SMARTS) is 1. The molecule has 1 unspecified atom stereocenters. The van der Waals surface area contributed by atoms with Crippen LogP contribution in [0.2, 0.25) is 0 Å². The van der Waals surface area contributed by atoms with Gasteiger partial charge in [-0.15, -0.1) is 0 Å². The molecular weight excluding hydrogens is 258 g/mol. The normalized spacial score (nSPS) is 11.7. The largest absolute Gasteiger partial charge is 0.493 e. The molecule has 0 radical (unpaired) electrons. The number of ether oxygens (including phenoxy) is 1. The molecule has 0 bridgehead atoms. The minimum Gasteiger partial charge on any atom is -0.493 e. The fourth-order valence-corrected chi connectivity index (χ4v) is 1.68. The summed E-state index contributed by atoms with van der Waals surface area (Å²) in [7, 11) is 0. The monoisotopic (exact) mass is 279 g/mol. The van der Waals surface area contributed by atoms with Crippen molar-refractivity contribution in [1.82, 2.24) is 5.32 Å². The van der Waals surface area contributed by atoms with Crippen molar-refractivity contribution >= 4 is 11.9 Å². The van der Waals surface area contributed by atoms with Crippen LogP contribution in [0.4, 0.5) is 0 Å². The van der Waals surface area contributed by atoms with Crippen molar-refractivity contribution in [2.75, 3.05) is 6.61 Å². The van der Waals surface area contributed by atoms with Gasteiger partial charge in [-0.1, -0.05) is 25.5 Å². The molecule has 1 amide bonds. The predicted octanol–water partition coefficient (Wildman–Crippen LogP) is 2.00. The number of hydrogen-bond donors (Lipinski definition) is 2. The minimum absolute atomic E-state index is 0.133. The highest BCUT2D eigenvalue weighted by atomic mass is 16.5. The lowest BCUT2D eigenvalue weighted by atomic mass is 10.1. The summed E-state index contributed by atoms with van der Waals surface area (Å²) in [6.45, 7) is 3.78. The molecule has 20 heavy (non-hydrogen) atoms. The first-order valence-electron chi connectivity index (χ1n) is 6.76. The van der Waals surface area contributed by atoms with Gasteiger partial charge in [0, 0.05) is 0 Å². The standard InChI is InChI=1S/C15H21NO4/c1-3-4-12-5-7-13(8-6-12)20-10-9-14(17)16-11(2)15(18)19/h5-8,11H,3-4,9-10H2,1-2H3,(H,16,17)(H,18,19). The van der Waals surface area contributed by atoms with E-state index in [2.05, 4.69) is 12.2 Å². The Hall–Kier alpha value is -2.04. The van der Waals surface area contributed by atoms with Crippen LogP contribution in [0.1, 0.15) is 32.3 Å². The zero-order valence-corrected chi connectivity index (χ0v) is 11.9. The maximum atomic E-state index is 11.4. The topological polar surface area (TPSA) is 75.6 Å². The van der Waals surface area contributed by atoms with Gasteiger partial charge in [-0.05, 0) is 31.0 Å². The number of aliphatic carboxylic acids is 1. The number of aryl methyl sites for hydroxylation is 1. The van der Waals surface area contributed by atoms with Gasteiger partial charge >= 0.3 is 5.97 Å². The highest BCUT2D eigenvalue weighted by Crippen LogP contribution is 2.13. The van der Waals surface area contributed by atoms with E-state index in [9.17, 15) is 9.59 Å². The third-order valence-corrected chi connectivity index (χ3v) is 2.81. The Labute approximate surface area is 118 Å². The van der Waals surface area contributed by atoms with Crippen molar-refractivity contribution < 1.29 is 19.4 Å². The van der Waals surface area contributed by atoms with Gasteiger partial charge < -0.3 is 15.2 Å². The number of carboxylic acids is 1. The maximum absolute atomic E-state index is 11.4. The Morgan fingerprint density at radius 3 is 2.50 bits per heavy atom. The van der Waals surface area contributed by atoms with Gasteiger partial charge in [0.05, 0.1) is 13.0 Å². The Balaban J connectivity index is 2.29. The van der Waals surface area contributed by atoms with Crippen LogP contribution in [0.3, 0.4) is 0 Å². The number of carbonyl (C=O) groups excluding carboxylic acids is 1. The molecule has 0 aliphatic heterocycles. The second-order valence-corrected chi connectivity index (χ2v) is 4.62. The molecule has 1 aromatic carbocycles. The molecule has 2 N–H and O–H groups in total. The first-order chi connectivity index (χ1) is 9.52. The van der Waals surface area contributed by atoms with Gasteiger partial charge in [-0.3, -0.25) is 9.59 Å². The molecule has 0 aromatic heterocycles. The minimum atomic E-state index is -1.05. The predicted molar refractivity (Wildman–Crippen MR) is 75.8 cm³/mol. The van der Waals surface area contributed by atoms with E-state index in [0.29, 0.717) is 5.75 Å². The average Bonchev–Trinajstić information content (AvgIpc) is 2.41. The van der Waals surface area contributed by atoms with Crippen LogP contribution in [0.25, 0.3) is 0 Å². The van der Waals surface area contributed by atoms with E-state index >= 15 is 0 Å². The summed E-state index contributed by atoms with van der Waals surface area (Å²) in [5.74, 6) is -0.669. The molecule has 1 atom stereocenters. The Morgan fingerprint density at radius 2 is 1.95 bits per heavy atom. The fourth-order valence-electron chi connectivity index (χ4n) is 1.68. The van der Waals surface area contributed by atoms with Crippen molar-refractivity contribution in [1.29, 1.82) is 0 Å². The molecule has 0 spiro atoms. The van der Waals surface area contributed by atoms with E-state index < -0.39 is 12.0 Å². The molecule has 0 aliphatic carbocycles. The number of carbonyl (C=O) groups is 2. The quantitative estimate of drug-likeness (QED) is 0.763. The summed E-state index contributed by atoms with van der Waals surface area (Å²) >= 11 is 0. The second-order valence-electron chi connectivity index (χ2n) is 4.62. The number of benzene rings is 1. The highest BCUT2D eigenvalue weighted by Gasteiger charge is 2.13.